The Bertz CT molecular complexity index is 657. The molecule has 1 aromatic rings. The maximum Gasteiger partial charge on any atom is 0.350 e. The van der Waals surface area contributed by atoms with Gasteiger partial charge in [0.15, 0.2) is 0 Å². The van der Waals surface area contributed by atoms with Crippen molar-refractivity contribution in [2.45, 2.75) is 6.42 Å². The first kappa shape index (κ1) is 21.3. The molecule has 27 heavy (non-hydrogen) atoms. The number of carboxylic acids is 1. The molecule has 2 rings (SSSR count). The number of piperazine rings is 1. The fourth-order valence-electron chi connectivity index (χ4n) is 2.96. The lowest BCUT2D eigenvalue weighted by Gasteiger charge is -2.35. The Morgan fingerprint density at radius 1 is 1.26 bits per heavy atom. The third-order valence-electron chi connectivity index (χ3n) is 4.45. The standard InChI is InChI=1S/C17H25N3O6S/c1-26-17(25)15-13(2-9-27-15)18-14(22)10-12(16(23)24)11-20-5-3-19(4-6-20)7-8-21/h2,9,12,21H,3-8,10-11H2,1H3,(H,18,22)(H,23,24). The number of hydrogen-bond donors (Lipinski definition) is 3. The molecule has 3 N–H and O–H groups in total. The van der Waals surface area contributed by atoms with Gasteiger partial charge in [0.2, 0.25) is 5.91 Å². The van der Waals surface area contributed by atoms with Crippen molar-refractivity contribution in [2.24, 2.45) is 5.92 Å². The van der Waals surface area contributed by atoms with Crippen LogP contribution in [0.5, 0.6) is 0 Å². The van der Waals surface area contributed by atoms with Crippen molar-refractivity contribution in [3.8, 4) is 0 Å². The van der Waals surface area contributed by atoms with Gasteiger partial charge in [-0.05, 0) is 11.4 Å². The number of aliphatic carboxylic acids is 1. The number of esters is 1. The van der Waals surface area contributed by atoms with Gasteiger partial charge in [0.05, 0.1) is 25.3 Å². The van der Waals surface area contributed by atoms with Crippen molar-refractivity contribution >= 4 is 34.9 Å². The minimum atomic E-state index is -1.03. The van der Waals surface area contributed by atoms with E-state index in [1.165, 1.54) is 7.11 Å². The second-order valence-electron chi connectivity index (χ2n) is 6.31. The minimum absolute atomic E-state index is 0.105. The summed E-state index contributed by atoms with van der Waals surface area (Å²) in [5.41, 5.74) is 0.332. The van der Waals surface area contributed by atoms with Crippen molar-refractivity contribution < 1.29 is 29.3 Å². The molecule has 150 valence electrons. The quantitative estimate of drug-likeness (QED) is 0.503. The molecule has 10 heteroatoms. The first-order valence-corrected chi connectivity index (χ1v) is 9.56. The van der Waals surface area contributed by atoms with Gasteiger partial charge in [-0.3, -0.25) is 19.4 Å². The summed E-state index contributed by atoms with van der Waals surface area (Å²) in [6.07, 6.45) is -0.178. The van der Waals surface area contributed by atoms with E-state index in [9.17, 15) is 19.5 Å². The Kier molecular flexibility index (Phi) is 8.17. The molecule has 2 heterocycles. The molecule has 0 bridgehead atoms. The summed E-state index contributed by atoms with van der Waals surface area (Å²) in [6.45, 7) is 3.91. The lowest BCUT2D eigenvalue weighted by atomic mass is 10.0. The number of carbonyl (C=O) groups excluding carboxylic acids is 2. The zero-order valence-electron chi connectivity index (χ0n) is 15.2. The van der Waals surface area contributed by atoms with Crippen LogP contribution in [0.2, 0.25) is 0 Å². The number of hydrogen-bond acceptors (Lipinski definition) is 8. The third kappa shape index (κ3) is 6.28. The lowest BCUT2D eigenvalue weighted by molar-refractivity contribution is -0.144. The normalized spacial score (nSPS) is 16.7. The van der Waals surface area contributed by atoms with Crippen molar-refractivity contribution in [2.75, 3.05) is 58.3 Å². The van der Waals surface area contributed by atoms with Crippen LogP contribution in [0.25, 0.3) is 0 Å². The second kappa shape index (κ2) is 10.4. The van der Waals surface area contributed by atoms with Crippen LogP contribution in [0.15, 0.2) is 11.4 Å². The topological polar surface area (TPSA) is 119 Å². The number of anilines is 1. The first-order chi connectivity index (χ1) is 12.9. The monoisotopic (exact) mass is 399 g/mol. The molecule has 1 saturated heterocycles. The Hall–Kier alpha value is -2.01. The van der Waals surface area contributed by atoms with Gasteiger partial charge in [0.25, 0.3) is 0 Å². The van der Waals surface area contributed by atoms with E-state index in [4.69, 9.17) is 5.11 Å². The highest BCUT2D eigenvalue weighted by molar-refractivity contribution is 7.12. The van der Waals surface area contributed by atoms with E-state index in [1.807, 2.05) is 4.90 Å². The van der Waals surface area contributed by atoms with Crippen molar-refractivity contribution in [1.29, 1.82) is 0 Å². The highest BCUT2D eigenvalue weighted by atomic mass is 32.1. The maximum atomic E-state index is 12.3. The maximum absolute atomic E-state index is 12.3. The Morgan fingerprint density at radius 3 is 2.52 bits per heavy atom. The number of rotatable bonds is 9. The summed E-state index contributed by atoms with van der Waals surface area (Å²) >= 11 is 1.15. The van der Waals surface area contributed by atoms with Gasteiger partial charge in [-0.25, -0.2) is 4.79 Å². The molecule has 0 saturated carbocycles. The van der Waals surface area contributed by atoms with Crippen molar-refractivity contribution in [3.63, 3.8) is 0 Å². The van der Waals surface area contributed by atoms with Gasteiger partial charge in [-0.2, -0.15) is 0 Å². The van der Waals surface area contributed by atoms with E-state index < -0.39 is 23.8 Å². The van der Waals surface area contributed by atoms with Gasteiger partial charge >= 0.3 is 11.9 Å². The molecule has 1 aliphatic heterocycles. The van der Waals surface area contributed by atoms with E-state index in [1.54, 1.807) is 11.4 Å². The van der Waals surface area contributed by atoms with Gasteiger partial charge in [0.1, 0.15) is 4.88 Å². The van der Waals surface area contributed by atoms with Gasteiger partial charge < -0.3 is 20.3 Å². The average molecular weight is 399 g/mol. The molecule has 1 aromatic heterocycles. The summed E-state index contributed by atoms with van der Waals surface area (Å²) in [7, 11) is 1.26. The van der Waals surface area contributed by atoms with E-state index >= 15 is 0 Å². The Morgan fingerprint density at radius 2 is 1.93 bits per heavy atom. The Labute approximate surface area is 161 Å². The number of carbonyl (C=O) groups is 3. The number of β-amino-alcohol motifs (C(OH)–C–C–N with tert-alkyl or cyclic N) is 1. The van der Waals surface area contributed by atoms with Crippen molar-refractivity contribution in [3.05, 3.63) is 16.3 Å². The Balaban J connectivity index is 1.89. The molecule has 0 radical (unpaired) electrons. The highest BCUT2D eigenvalue weighted by Crippen LogP contribution is 2.23. The van der Waals surface area contributed by atoms with E-state index in [0.29, 0.717) is 25.3 Å². The number of amides is 1. The van der Waals surface area contributed by atoms with Crippen LogP contribution in [-0.4, -0.2) is 90.8 Å². The zero-order valence-corrected chi connectivity index (χ0v) is 16.0. The van der Waals surface area contributed by atoms with Crippen LogP contribution >= 0.6 is 11.3 Å². The molecule has 1 unspecified atom stereocenters. The second-order valence-corrected chi connectivity index (χ2v) is 7.22. The van der Waals surface area contributed by atoms with Crippen LogP contribution in [-0.2, 0) is 14.3 Å². The number of methoxy groups -OCH3 is 1. The average Bonchev–Trinajstić information content (AvgIpc) is 3.10. The molecular weight excluding hydrogens is 374 g/mol. The summed E-state index contributed by atoms with van der Waals surface area (Å²) < 4.78 is 4.66. The van der Waals surface area contributed by atoms with E-state index in [0.717, 1.165) is 24.4 Å². The zero-order chi connectivity index (χ0) is 19.8. The highest BCUT2D eigenvalue weighted by Gasteiger charge is 2.27. The molecule has 0 spiro atoms. The number of nitrogens with one attached hydrogen (secondary N) is 1. The van der Waals surface area contributed by atoms with Crippen LogP contribution in [0.3, 0.4) is 0 Å². The van der Waals surface area contributed by atoms with Crippen LogP contribution in [0, 0.1) is 5.92 Å². The first-order valence-electron chi connectivity index (χ1n) is 8.68. The van der Waals surface area contributed by atoms with Gasteiger partial charge in [0, 0.05) is 45.7 Å². The fraction of sp³-hybridized carbons (Fsp3) is 0.588. The molecule has 0 aliphatic carbocycles. The minimum Gasteiger partial charge on any atom is -0.481 e. The fourth-order valence-corrected chi connectivity index (χ4v) is 3.73. The smallest absolute Gasteiger partial charge is 0.350 e. The van der Waals surface area contributed by atoms with Gasteiger partial charge in [-0.1, -0.05) is 0 Å². The van der Waals surface area contributed by atoms with Gasteiger partial charge in [-0.15, -0.1) is 11.3 Å². The van der Waals surface area contributed by atoms with Crippen LogP contribution < -0.4 is 5.32 Å². The van der Waals surface area contributed by atoms with Crippen LogP contribution in [0.4, 0.5) is 5.69 Å². The third-order valence-corrected chi connectivity index (χ3v) is 5.35. The number of nitrogens with zero attached hydrogens (tertiary/aromatic N) is 2. The van der Waals surface area contributed by atoms with E-state index in [-0.39, 0.29) is 24.4 Å². The summed E-state index contributed by atoms with van der Waals surface area (Å²) in [5, 5.41) is 22.7. The summed E-state index contributed by atoms with van der Waals surface area (Å²) in [5.74, 6) is -2.86. The largest absolute Gasteiger partial charge is 0.481 e. The van der Waals surface area contributed by atoms with Crippen LogP contribution in [0.1, 0.15) is 16.1 Å². The molecule has 9 nitrogen and oxygen atoms in total. The molecule has 0 aromatic carbocycles. The molecule has 1 fully saturated rings. The number of ether oxygens (including phenoxy) is 1. The summed E-state index contributed by atoms with van der Waals surface area (Å²) in [6, 6.07) is 1.59. The number of aliphatic hydroxyl groups excluding tert-OH is 1. The number of carboxylic acid groups (broad SMARTS) is 1. The SMILES string of the molecule is COC(=O)c1sccc1NC(=O)CC(CN1CCN(CCO)CC1)C(=O)O. The predicted molar refractivity (Wildman–Crippen MR) is 100.0 cm³/mol. The summed E-state index contributed by atoms with van der Waals surface area (Å²) in [4.78, 5) is 39.9. The van der Waals surface area contributed by atoms with E-state index in [2.05, 4.69) is 15.0 Å². The van der Waals surface area contributed by atoms with Crippen molar-refractivity contribution in [1.82, 2.24) is 9.80 Å². The molecule has 1 atom stereocenters. The predicted octanol–water partition coefficient (Wildman–Crippen LogP) is 0.174. The lowest BCUT2D eigenvalue weighted by Crippen LogP contribution is -2.49. The number of aliphatic hydroxyl groups is 1. The molecule has 1 amide bonds. The molecule has 1 aliphatic rings. The molecular formula is C17H25N3O6S. The number of thiophene rings is 1.